The van der Waals surface area contributed by atoms with E-state index in [0.717, 1.165) is 11.2 Å². The van der Waals surface area contributed by atoms with Gasteiger partial charge in [-0.1, -0.05) is 36.4 Å². The Balaban J connectivity index is 2.09. The van der Waals surface area contributed by atoms with Crippen molar-refractivity contribution in [3.8, 4) is 0 Å². The first-order valence-corrected chi connectivity index (χ1v) is 8.23. The van der Waals surface area contributed by atoms with Gasteiger partial charge in [0.1, 0.15) is 11.2 Å². The first-order chi connectivity index (χ1) is 10.8. The summed E-state index contributed by atoms with van der Waals surface area (Å²) in [4.78, 5) is 0. The molecule has 0 radical (unpaired) electrons. The molecule has 4 rings (SSSR count). The normalized spacial score (nSPS) is 19.9. The van der Waals surface area contributed by atoms with Crippen LogP contribution in [0.3, 0.4) is 0 Å². The molecule has 0 bridgehead atoms. The summed E-state index contributed by atoms with van der Waals surface area (Å²) >= 11 is 0. The van der Waals surface area contributed by atoms with E-state index in [1.54, 1.807) is 0 Å². The number of hydrogen-bond acceptors (Lipinski definition) is 2. The van der Waals surface area contributed by atoms with Gasteiger partial charge >= 0.3 is 0 Å². The van der Waals surface area contributed by atoms with Gasteiger partial charge in [-0.3, -0.25) is 5.32 Å². The number of nitrogens with one attached hydrogen (secondary N) is 1. The molecule has 1 aliphatic heterocycles. The average molecular weight is 305 g/mol. The lowest BCUT2D eigenvalue weighted by atomic mass is 9.86. The molecule has 0 fully saturated rings. The first-order valence-electron chi connectivity index (χ1n) is 8.23. The highest BCUT2D eigenvalue weighted by molar-refractivity contribution is 6.08. The summed E-state index contributed by atoms with van der Waals surface area (Å²) in [6.07, 6.45) is 0. The van der Waals surface area contributed by atoms with Crippen LogP contribution in [0.5, 0.6) is 0 Å². The second-order valence-corrected chi connectivity index (χ2v) is 7.66. The van der Waals surface area contributed by atoms with Crippen molar-refractivity contribution in [2.24, 2.45) is 0 Å². The fourth-order valence-corrected chi connectivity index (χ4v) is 4.20. The predicted molar refractivity (Wildman–Crippen MR) is 97.6 cm³/mol. The molecule has 0 saturated carbocycles. The summed E-state index contributed by atoms with van der Waals surface area (Å²) in [5.41, 5.74) is 5.81. The maximum Gasteiger partial charge on any atom is 0.142 e. The van der Waals surface area contributed by atoms with Gasteiger partial charge in [-0.15, -0.1) is 0 Å². The lowest BCUT2D eigenvalue weighted by Crippen LogP contribution is -2.46. The number of para-hydroxylation sites is 2. The van der Waals surface area contributed by atoms with Gasteiger partial charge in [0, 0.05) is 27.4 Å². The molecule has 2 aromatic carbocycles. The first kappa shape index (κ1) is 14.5. The van der Waals surface area contributed by atoms with Crippen molar-refractivity contribution in [3.63, 3.8) is 0 Å². The highest BCUT2D eigenvalue weighted by Crippen LogP contribution is 2.45. The zero-order chi connectivity index (χ0) is 16.4. The summed E-state index contributed by atoms with van der Waals surface area (Å²) < 4.78 is 6.24. The van der Waals surface area contributed by atoms with Crippen LogP contribution < -0.4 is 5.32 Å². The molecule has 1 aromatic heterocycles. The summed E-state index contributed by atoms with van der Waals surface area (Å²) in [5, 5.41) is 6.13. The fourth-order valence-electron chi connectivity index (χ4n) is 4.20. The standard InChI is InChI=1S/C21H23NO/c1-13-18(21(4,5)22-20(13,2)3)16-11-8-10-15-14-9-6-7-12-17(14)23-19(15)16/h6-12,22H,1-5H3. The van der Waals surface area contributed by atoms with E-state index in [-0.39, 0.29) is 11.1 Å². The van der Waals surface area contributed by atoms with E-state index in [4.69, 9.17) is 4.42 Å². The maximum absolute atomic E-state index is 6.24. The van der Waals surface area contributed by atoms with Crippen LogP contribution in [-0.2, 0) is 0 Å². The van der Waals surface area contributed by atoms with Crippen LogP contribution in [0.4, 0.5) is 0 Å². The second kappa shape index (κ2) is 4.48. The topological polar surface area (TPSA) is 25.2 Å². The zero-order valence-electron chi connectivity index (χ0n) is 14.4. The van der Waals surface area contributed by atoms with E-state index in [2.05, 4.69) is 70.3 Å². The molecule has 0 spiro atoms. The Bertz CT molecular complexity index is 956. The third-order valence-corrected chi connectivity index (χ3v) is 5.24. The van der Waals surface area contributed by atoms with Gasteiger partial charge in [-0.25, -0.2) is 0 Å². The van der Waals surface area contributed by atoms with Crippen LogP contribution in [0, 0.1) is 0 Å². The largest absolute Gasteiger partial charge is 0.455 e. The summed E-state index contributed by atoms with van der Waals surface area (Å²) in [7, 11) is 0. The van der Waals surface area contributed by atoms with Gasteiger partial charge in [0.15, 0.2) is 0 Å². The van der Waals surface area contributed by atoms with Crippen molar-refractivity contribution >= 4 is 27.5 Å². The van der Waals surface area contributed by atoms with Gasteiger partial charge in [0.05, 0.1) is 0 Å². The number of fused-ring (bicyclic) bond motifs is 3. The lowest BCUT2D eigenvalue weighted by molar-refractivity contribution is 0.392. The zero-order valence-corrected chi connectivity index (χ0v) is 14.4. The molecule has 2 heteroatoms. The van der Waals surface area contributed by atoms with Gasteiger partial charge in [-0.2, -0.15) is 0 Å². The van der Waals surface area contributed by atoms with Crippen molar-refractivity contribution < 1.29 is 4.42 Å². The fraction of sp³-hybridized carbons (Fsp3) is 0.333. The van der Waals surface area contributed by atoms with E-state index in [0.29, 0.717) is 0 Å². The van der Waals surface area contributed by atoms with Gasteiger partial charge in [0.25, 0.3) is 0 Å². The Morgan fingerprint density at radius 3 is 2.22 bits per heavy atom. The highest BCUT2D eigenvalue weighted by atomic mass is 16.3. The Morgan fingerprint density at radius 2 is 1.52 bits per heavy atom. The molecule has 2 heterocycles. The Hall–Kier alpha value is -2.06. The molecule has 1 N–H and O–H groups in total. The minimum Gasteiger partial charge on any atom is -0.455 e. The molecule has 2 nitrogen and oxygen atoms in total. The van der Waals surface area contributed by atoms with Crippen LogP contribution in [0.15, 0.2) is 52.5 Å². The lowest BCUT2D eigenvalue weighted by Gasteiger charge is -2.28. The van der Waals surface area contributed by atoms with E-state index in [9.17, 15) is 0 Å². The highest BCUT2D eigenvalue weighted by Gasteiger charge is 2.42. The molecule has 23 heavy (non-hydrogen) atoms. The number of furan rings is 1. The molecular formula is C21H23NO. The van der Waals surface area contributed by atoms with Crippen LogP contribution in [-0.4, -0.2) is 11.1 Å². The van der Waals surface area contributed by atoms with Crippen molar-refractivity contribution in [1.29, 1.82) is 0 Å². The number of rotatable bonds is 1. The van der Waals surface area contributed by atoms with Gasteiger partial charge in [0.2, 0.25) is 0 Å². The van der Waals surface area contributed by atoms with Crippen LogP contribution in [0.1, 0.15) is 40.2 Å². The third-order valence-electron chi connectivity index (χ3n) is 5.24. The quantitative estimate of drug-likeness (QED) is 0.640. The summed E-state index contributed by atoms with van der Waals surface area (Å²) in [5.74, 6) is 0. The summed E-state index contributed by atoms with van der Waals surface area (Å²) in [6.45, 7) is 11.2. The number of benzene rings is 2. The molecular weight excluding hydrogens is 282 g/mol. The van der Waals surface area contributed by atoms with E-state index >= 15 is 0 Å². The van der Waals surface area contributed by atoms with Crippen molar-refractivity contribution in [1.82, 2.24) is 5.32 Å². The molecule has 0 atom stereocenters. The molecule has 0 unspecified atom stereocenters. The minimum absolute atomic E-state index is 0.00693. The Kier molecular flexibility index (Phi) is 2.83. The number of hydrogen-bond donors (Lipinski definition) is 1. The van der Waals surface area contributed by atoms with Gasteiger partial charge in [-0.05, 0) is 51.8 Å². The van der Waals surface area contributed by atoms with Gasteiger partial charge < -0.3 is 4.42 Å². The molecule has 0 aliphatic carbocycles. The van der Waals surface area contributed by atoms with Crippen LogP contribution in [0.25, 0.3) is 27.5 Å². The molecule has 0 saturated heterocycles. The molecule has 0 amide bonds. The molecule has 118 valence electrons. The molecule has 1 aliphatic rings. The second-order valence-electron chi connectivity index (χ2n) is 7.66. The van der Waals surface area contributed by atoms with E-state index in [1.807, 2.05) is 12.1 Å². The average Bonchev–Trinajstić information content (AvgIpc) is 2.92. The minimum atomic E-state index is -0.0825. The van der Waals surface area contributed by atoms with Crippen LogP contribution >= 0.6 is 0 Å². The van der Waals surface area contributed by atoms with E-state index < -0.39 is 0 Å². The molecule has 3 aromatic rings. The summed E-state index contributed by atoms with van der Waals surface area (Å²) in [6, 6.07) is 14.8. The smallest absolute Gasteiger partial charge is 0.142 e. The maximum atomic E-state index is 6.24. The third kappa shape index (κ3) is 1.98. The Morgan fingerprint density at radius 1 is 0.826 bits per heavy atom. The van der Waals surface area contributed by atoms with Crippen molar-refractivity contribution in [3.05, 3.63) is 53.6 Å². The van der Waals surface area contributed by atoms with Crippen molar-refractivity contribution in [2.45, 2.75) is 45.7 Å². The van der Waals surface area contributed by atoms with Crippen LogP contribution in [0.2, 0.25) is 0 Å². The SMILES string of the molecule is CC1=C(c2cccc3c2oc2ccccc23)C(C)(C)NC1(C)C. The Labute approximate surface area is 137 Å². The van der Waals surface area contributed by atoms with E-state index in [1.165, 1.54) is 27.5 Å². The monoisotopic (exact) mass is 305 g/mol. The predicted octanol–water partition coefficient (Wildman–Crippen LogP) is 5.52. The van der Waals surface area contributed by atoms with Crippen molar-refractivity contribution in [2.75, 3.05) is 0 Å².